The van der Waals surface area contributed by atoms with Gasteiger partial charge in [0, 0.05) is 9.75 Å². The topological polar surface area (TPSA) is 26.0 Å². The average molecular weight is 299 g/mol. The standard InChI is InChI=1S/C15H16F3NS/c1-15(2,3)12-5-4-11(20-12)14(19)8-6-9(16)13(18)10(17)7-8/h4-7,14H,19H2,1-3H3. The van der Waals surface area contributed by atoms with Crippen LogP contribution >= 0.6 is 11.3 Å². The summed E-state index contributed by atoms with van der Waals surface area (Å²) in [6.07, 6.45) is 0. The zero-order chi connectivity index (χ0) is 15.1. The van der Waals surface area contributed by atoms with Gasteiger partial charge in [-0.15, -0.1) is 11.3 Å². The van der Waals surface area contributed by atoms with Crippen molar-refractivity contribution in [3.63, 3.8) is 0 Å². The average Bonchev–Trinajstić information content (AvgIpc) is 2.83. The van der Waals surface area contributed by atoms with Crippen molar-refractivity contribution >= 4 is 11.3 Å². The van der Waals surface area contributed by atoms with Crippen LogP contribution in [0.2, 0.25) is 0 Å². The van der Waals surface area contributed by atoms with Crippen LogP contribution in [0, 0.1) is 17.5 Å². The molecule has 1 atom stereocenters. The third kappa shape index (κ3) is 2.88. The Labute approximate surface area is 120 Å². The Morgan fingerprint density at radius 2 is 1.60 bits per heavy atom. The first-order valence-corrected chi connectivity index (χ1v) is 7.02. The van der Waals surface area contributed by atoms with Crippen LogP contribution in [0.3, 0.4) is 0 Å². The van der Waals surface area contributed by atoms with Gasteiger partial charge in [0.25, 0.3) is 0 Å². The van der Waals surface area contributed by atoms with Crippen molar-refractivity contribution in [1.29, 1.82) is 0 Å². The lowest BCUT2D eigenvalue weighted by atomic mass is 9.95. The van der Waals surface area contributed by atoms with E-state index < -0.39 is 23.5 Å². The molecule has 0 aliphatic carbocycles. The van der Waals surface area contributed by atoms with E-state index in [0.717, 1.165) is 21.9 Å². The predicted molar refractivity (Wildman–Crippen MR) is 75.4 cm³/mol. The highest BCUT2D eigenvalue weighted by Crippen LogP contribution is 2.34. The van der Waals surface area contributed by atoms with E-state index in [4.69, 9.17) is 5.73 Å². The Hall–Kier alpha value is -1.33. The summed E-state index contributed by atoms with van der Waals surface area (Å²) in [5.74, 6) is -3.91. The van der Waals surface area contributed by atoms with E-state index in [1.54, 1.807) is 0 Å². The van der Waals surface area contributed by atoms with Crippen LogP contribution in [0.1, 0.15) is 42.1 Å². The molecule has 2 N–H and O–H groups in total. The number of rotatable bonds is 2. The molecule has 0 bridgehead atoms. The van der Waals surface area contributed by atoms with E-state index >= 15 is 0 Å². The van der Waals surface area contributed by atoms with Crippen molar-refractivity contribution < 1.29 is 13.2 Å². The summed E-state index contributed by atoms with van der Waals surface area (Å²) < 4.78 is 39.4. The second kappa shape index (κ2) is 5.22. The van der Waals surface area contributed by atoms with Crippen molar-refractivity contribution in [3.8, 4) is 0 Å². The lowest BCUT2D eigenvalue weighted by molar-refractivity contribution is 0.444. The molecule has 1 unspecified atom stereocenters. The number of benzene rings is 1. The summed E-state index contributed by atoms with van der Waals surface area (Å²) in [6.45, 7) is 6.22. The summed E-state index contributed by atoms with van der Waals surface area (Å²) in [7, 11) is 0. The lowest BCUT2D eigenvalue weighted by Crippen LogP contribution is -2.12. The molecule has 0 amide bonds. The summed E-state index contributed by atoms with van der Waals surface area (Å²) in [5, 5.41) is 0. The molecule has 108 valence electrons. The van der Waals surface area contributed by atoms with Crippen molar-refractivity contribution in [3.05, 3.63) is 57.0 Å². The van der Waals surface area contributed by atoms with Crippen LogP contribution in [-0.2, 0) is 5.41 Å². The van der Waals surface area contributed by atoms with Gasteiger partial charge in [-0.1, -0.05) is 20.8 Å². The van der Waals surface area contributed by atoms with Crippen LogP contribution in [0.5, 0.6) is 0 Å². The Morgan fingerprint density at radius 3 is 2.05 bits per heavy atom. The molecule has 0 saturated carbocycles. The van der Waals surface area contributed by atoms with E-state index in [1.165, 1.54) is 11.3 Å². The number of hydrogen-bond donors (Lipinski definition) is 1. The van der Waals surface area contributed by atoms with E-state index in [2.05, 4.69) is 20.8 Å². The molecule has 2 rings (SSSR count). The van der Waals surface area contributed by atoms with Gasteiger partial charge < -0.3 is 5.73 Å². The molecule has 2 aromatic rings. The van der Waals surface area contributed by atoms with Gasteiger partial charge >= 0.3 is 0 Å². The summed E-state index contributed by atoms with van der Waals surface area (Å²) in [5.41, 5.74) is 6.23. The third-order valence-corrected chi connectivity index (χ3v) is 4.63. The molecule has 1 nitrogen and oxygen atoms in total. The molecule has 0 aliphatic heterocycles. The van der Waals surface area contributed by atoms with Gasteiger partial charge in [0.1, 0.15) is 0 Å². The summed E-state index contributed by atoms with van der Waals surface area (Å²) in [6, 6.07) is 5.02. The van der Waals surface area contributed by atoms with Gasteiger partial charge in [0.05, 0.1) is 6.04 Å². The normalized spacial score (nSPS) is 13.6. The number of nitrogens with two attached hydrogens (primary N) is 1. The van der Waals surface area contributed by atoms with Gasteiger partial charge in [-0.3, -0.25) is 0 Å². The van der Waals surface area contributed by atoms with E-state index in [9.17, 15) is 13.2 Å². The number of hydrogen-bond acceptors (Lipinski definition) is 2. The first kappa shape index (κ1) is 15.1. The van der Waals surface area contributed by atoms with Crippen LogP contribution in [0.15, 0.2) is 24.3 Å². The molecule has 0 fully saturated rings. The molecule has 0 aliphatic rings. The van der Waals surface area contributed by atoms with Crippen LogP contribution < -0.4 is 5.73 Å². The highest BCUT2D eigenvalue weighted by Gasteiger charge is 2.21. The monoisotopic (exact) mass is 299 g/mol. The maximum absolute atomic E-state index is 13.2. The number of thiophene rings is 1. The highest BCUT2D eigenvalue weighted by molar-refractivity contribution is 7.12. The van der Waals surface area contributed by atoms with Gasteiger partial charge in [-0.2, -0.15) is 0 Å². The zero-order valence-electron chi connectivity index (χ0n) is 11.5. The maximum atomic E-state index is 13.2. The Bertz CT molecular complexity index is 605. The van der Waals surface area contributed by atoms with Crippen LogP contribution in [-0.4, -0.2) is 0 Å². The van der Waals surface area contributed by atoms with Crippen molar-refractivity contribution in [2.24, 2.45) is 5.73 Å². The van der Waals surface area contributed by atoms with Crippen molar-refractivity contribution in [2.75, 3.05) is 0 Å². The van der Waals surface area contributed by atoms with Gasteiger partial charge in [0.15, 0.2) is 17.5 Å². The molecule has 0 radical (unpaired) electrons. The molecule has 20 heavy (non-hydrogen) atoms. The molecule has 0 saturated heterocycles. The zero-order valence-corrected chi connectivity index (χ0v) is 12.3. The fraction of sp³-hybridized carbons (Fsp3) is 0.333. The lowest BCUT2D eigenvalue weighted by Gasteiger charge is -2.16. The SMILES string of the molecule is CC(C)(C)c1ccc(C(N)c2cc(F)c(F)c(F)c2)s1. The van der Waals surface area contributed by atoms with E-state index in [0.29, 0.717) is 0 Å². The predicted octanol–water partition coefficient (Wildman–Crippen LogP) is 4.51. The van der Waals surface area contributed by atoms with Gasteiger partial charge in [0.2, 0.25) is 0 Å². The summed E-state index contributed by atoms with van der Waals surface area (Å²) >= 11 is 1.50. The van der Waals surface area contributed by atoms with Crippen molar-refractivity contribution in [2.45, 2.75) is 32.2 Å². The maximum Gasteiger partial charge on any atom is 0.194 e. The first-order chi connectivity index (χ1) is 9.20. The minimum absolute atomic E-state index is 0.0120. The molecular weight excluding hydrogens is 283 g/mol. The largest absolute Gasteiger partial charge is 0.320 e. The smallest absolute Gasteiger partial charge is 0.194 e. The number of halogens is 3. The van der Waals surface area contributed by atoms with Gasteiger partial charge in [-0.25, -0.2) is 13.2 Å². The molecule has 1 aromatic heterocycles. The molecule has 1 aromatic carbocycles. The molecule has 5 heteroatoms. The first-order valence-electron chi connectivity index (χ1n) is 6.20. The fourth-order valence-electron chi connectivity index (χ4n) is 1.84. The van der Waals surface area contributed by atoms with Crippen molar-refractivity contribution in [1.82, 2.24) is 0 Å². The minimum atomic E-state index is -1.47. The van der Waals surface area contributed by atoms with Crippen LogP contribution in [0.4, 0.5) is 13.2 Å². The Kier molecular flexibility index (Phi) is 3.93. The van der Waals surface area contributed by atoms with E-state index in [-0.39, 0.29) is 11.0 Å². The Balaban J connectivity index is 2.36. The second-order valence-electron chi connectivity index (χ2n) is 5.73. The minimum Gasteiger partial charge on any atom is -0.320 e. The van der Waals surface area contributed by atoms with Gasteiger partial charge in [-0.05, 0) is 35.2 Å². The van der Waals surface area contributed by atoms with Crippen LogP contribution in [0.25, 0.3) is 0 Å². The molecule has 0 spiro atoms. The molecule has 1 heterocycles. The second-order valence-corrected chi connectivity index (χ2v) is 6.84. The highest BCUT2D eigenvalue weighted by atomic mass is 32.1. The molecular formula is C15H16F3NS. The third-order valence-electron chi connectivity index (χ3n) is 3.04. The fourth-order valence-corrected chi connectivity index (χ4v) is 2.94. The Morgan fingerprint density at radius 1 is 1.05 bits per heavy atom. The quantitative estimate of drug-likeness (QED) is 0.811. The van der Waals surface area contributed by atoms with E-state index in [1.807, 2.05) is 12.1 Å². The summed E-state index contributed by atoms with van der Waals surface area (Å²) in [4.78, 5) is 1.92.